The molecule has 198 valence electrons. The molecule has 37 heavy (non-hydrogen) atoms. The largest absolute Gasteiger partial charge is 0.494 e. The van der Waals surface area contributed by atoms with Crippen LogP contribution in [-0.4, -0.2) is 88.4 Å². The zero-order valence-corrected chi connectivity index (χ0v) is 20.7. The molecule has 0 radical (unpaired) electrons. The number of hydrogen-bond donors (Lipinski definition) is 0. The molecule has 1 amide bonds. The molecule has 0 saturated carbocycles. The maximum Gasteiger partial charge on any atom is 0.453 e. The predicted octanol–water partition coefficient (Wildman–Crippen LogP) is 3.07. The molecule has 2 fully saturated rings. The van der Waals surface area contributed by atoms with Crippen LogP contribution in [0.15, 0.2) is 36.4 Å². The van der Waals surface area contributed by atoms with E-state index in [4.69, 9.17) is 4.74 Å². The number of rotatable bonds is 7. The molecular formula is C25H30F3N7O2. The van der Waals surface area contributed by atoms with Crippen molar-refractivity contribution in [1.29, 1.82) is 0 Å². The van der Waals surface area contributed by atoms with Gasteiger partial charge in [0.1, 0.15) is 11.6 Å². The fourth-order valence-electron chi connectivity index (χ4n) is 4.88. The number of nitrogens with zero attached hydrogens (tertiary/aromatic N) is 7. The molecule has 1 aromatic carbocycles. The van der Waals surface area contributed by atoms with Crippen LogP contribution in [0.25, 0.3) is 5.65 Å². The van der Waals surface area contributed by atoms with Gasteiger partial charge in [-0.3, -0.25) is 9.69 Å². The lowest BCUT2D eigenvalue weighted by molar-refractivity contribution is -0.146. The van der Waals surface area contributed by atoms with Crippen LogP contribution in [0.1, 0.15) is 36.6 Å². The molecule has 0 atom stereocenters. The zero-order chi connectivity index (χ0) is 26.0. The number of piperidine rings is 1. The van der Waals surface area contributed by atoms with E-state index < -0.39 is 12.0 Å². The topological polar surface area (TPSA) is 79.1 Å². The van der Waals surface area contributed by atoms with Gasteiger partial charge >= 0.3 is 6.18 Å². The standard InChI is InChI=1S/C25H30F3N7O2/c1-32-14-15-33(17-23(32)36)11-2-16-37-20-5-3-18(4-6-20)19-9-12-34(13-10-19)22-8-7-21-29-30-24(25(26,27)28)35(21)31-22/h3-8,19H,2,9-17H2,1H3. The van der Waals surface area contributed by atoms with Crippen LogP contribution >= 0.6 is 0 Å². The lowest BCUT2D eigenvalue weighted by Crippen LogP contribution is -2.48. The molecule has 2 aliphatic rings. The highest BCUT2D eigenvalue weighted by Crippen LogP contribution is 2.32. The molecule has 0 bridgehead atoms. The molecule has 2 aromatic heterocycles. The summed E-state index contributed by atoms with van der Waals surface area (Å²) in [5.41, 5.74) is 1.30. The second-order valence-corrected chi connectivity index (χ2v) is 9.61. The van der Waals surface area contributed by atoms with Gasteiger partial charge in [-0.05, 0) is 55.0 Å². The van der Waals surface area contributed by atoms with Gasteiger partial charge in [0.15, 0.2) is 5.65 Å². The summed E-state index contributed by atoms with van der Waals surface area (Å²) in [6.07, 6.45) is -2.01. The Balaban J connectivity index is 1.10. The lowest BCUT2D eigenvalue weighted by atomic mass is 9.89. The number of fused-ring (bicyclic) bond motifs is 1. The number of amides is 1. The average molecular weight is 518 g/mol. The first-order chi connectivity index (χ1) is 17.8. The van der Waals surface area contributed by atoms with E-state index in [-0.39, 0.29) is 11.6 Å². The number of ether oxygens (including phenoxy) is 1. The third kappa shape index (κ3) is 5.79. The quantitative estimate of drug-likeness (QED) is 0.446. The van der Waals surface area contributed by atoms with E-state index in [1.165, 1.54) is 11.6 Å². The second kappa shape index (κ2) is 10.5. The average Bonchev–Trinajstić information content (AvgIpc) is 3.33. The number of alkyl halides is 3. The number of hydrogen-bond acceptors (Lipinski definition) is 7. The molecule has 0 aliphatic carbocycles. The Hall–Kier alpha value is -3.41. The van der Waals surface area contributed by atoms with E-state index in [1.807, 2.05) is 24.1 Å². The number of carbonyl (C=O) groups excluding carboxylic acids is 1. The molecule has 9 nitrogen and oxygen atoms in total. The molecule has 0 spiro atoms. The van der Waals surface area contributed by atoms with Crippen LogP contribution in [0, 0.1) is 0 Å². The minimum Gasteiger partial charge on any atom is -0.494 e. The predicted molar refractivity (Wildman–Crippen MR) is 131 cm³/mol. The molecular weight excluding hydrogens is 487 g/mol. The van der Waals surface area contributed by atoms with Crippen molar-refractivity contribution in [2.45, 2.75) is 31.4 Å². The summed E-state index contributed by atoms with van der Waals surface area (Å²) in [7, 11) is 1.84. The van der Waals surface area contributed by atoms with Crippen LogP contribution in [0.2, 0.25) is 0 Å². The molecule has 0 unspecified atom stereocenters. The summed E-state index contributed by atoms with van der Waals surface area (Å²) in [5.74, 6) is 0.723. The van der Waals surface area contributed by atoms with E-state index >= 15 is 0 Å². The third-order valence-corrected chi connectivity index (χ3v) is 7.10. The van der Waals surface area contributed by atoms with Crippen molar-refractivity contribution in [3.63, 3.8) is 0 Å². The van der Waals surface area contributed by atoms with Crippen molar-refractivity contribution in [1.82, 2.24) is 29.6 Å². The first kappa shape index (κ1) is 25.2. The highest BCUT2D eigenvalue weighted by Gasteiger charge is 2.38. The molecule has 3 aromatic rings. The van der Waals surface area contributed by atoms with Gasteiger partial charge < -0.3 is 14.5 Å². The Morgan fingerprint density at radius 1 is 1.00 bits per heavy atom. The third-order valence-electron chi connectivity index (χ3n) is 7.10. The molecule has 12 heteroatoms. The highest BCUT2D eigenvalue weighted by molar-refractivity contribution is 5.78. The number of halogens is 3. The summed E-state index contributed by atoms with van der Waals surface area (Å²) in [6, 6.07) is 11.4. The van der Waals surface area contributed by atoms with Gasteiger partial charge in [-0.2, -0.15) is 17.7 Å². The van der Waals surface area contributed by atoms with Gasteiger partial charge in [-0.1, -0.05) is 12.1 Å². The van der Waals surface area contributed by atoms with Crippen LogP contribution in [0.4, 0.5) is 19.0 Å². The summed E-state index contributed by atoms with van der Waals surface area (Å²) in [4.78, 5) is 17.7. The number of anilines is 1. The van der Waals surface area contributed by atoms with Crippen molar-refractivity contribution in [2.75, 3.05) is 57.8 Å². The summed E-state index contributed by atoms with van der Waals surface area (Å²) < 4.78 is 46.2. The monoisotopic (exact) mass is 517 g/mol. The Morgan fingerprint density at radius 3 is 2.46 bits per heavy atom. The van der Waals surface area contributed by atoms with Gasteiger partial charge in [0.05, 0.1) is 13.2 Å². The smallest absolute Gasteiger partial charge is 0.453 e. The first-order valence-electron chi connectivity index (χ1n) is 12.5. The molecule has 2 saturated heterocycles. The van der Waals surface area contributed by atoms with Crippen LogP contribution in [0.5, 0.6) is 5.75 Å². The van der Waals surface area contributed by atoms with Crippen molar-refractivity contribution in [3.05, 3.63) is 47.8 Å². The number of aromatic nitrogens is 4. The normalized spacial score (nSPS) is 18.1. The van der Waals surface area contributed by atoms with Crippen molar-refractivity contribution in [2.24, 2.45) is 0 Å². The van der Waals surface area contributed by atoms with Gasteiger partial charge in [0.25, 0.3) is 5.82 Å². The van der Waals surface area contributed by atoms with Crippen LogP contribution in [-0.2, 0) is 11.0 Å². The van der Waals surface area contributed by atoms with Crippen LogP contribution in [0.3, 0.4) is 0 Å². The van der Waals surface area contributed by atoms with Gasteiger partial charge in [-0.25, -0.2) is 0 Å². The number of likely N-dealkylation sites (N-methyl/N-ethyl adjacent to an activating group) is 1. The number of benzene rings is 1. The Morgan fingerprint density at radius 2 is 1.76 bits per heavy atom. The molecule has 0 N–H and O–H groups in total. The van der Waals surface area contributed by atoms with Gasteiger partial charge in [0, 0.05) is 39.8 Å². The number of piperazine rings is 1. The van der Waals surface area contributed by atoms with Crippen LogP contribution < -0.4 is 9.64 Å². The Kier molecular flexibility index (Phi) is 7.18. The molecule has 4 heterocycles. The van der Waals surface area contributed by atoms with Crippen molar-refractivity contribution >= 4 is 17.4 Å². The van der Waals surface area contributed by atoms with E-state index in [0.717, 1.165) is 49.2 Å². The van der Waals surface area contributed by atoms with Crippen molar-refractivity contribution < 1.29 is 22.7 Å². The fraction of sp³-hybridized carbons (Fsp3) is 0.520. The van der Waals surface area contributed by atoms with E-state index in [0.29, 0.717) is 38.0 Å². The SMILES string of the molecule is CN1CCN(CCCOc2ccc(C3CCN(c4ccc5nnc(C(F)(F)F)n5n4)CC3)cc2)CC1=O. The Labute approximate surface area is 212 Å². The fourth-order valence-corrected chi connectivity index (χ4v) is 4.88. The van der Waals surface area contributed by atoms with E-state index in [1.54, 1.807) is 11.0 Å². The maximum atomic E-state index is 13.2. The van der Waals surface area contributed by atoms with Crippen molar-refractivity contribution in [3.8, 4) is 5.75 Å². The minimum atomic E-state index is -4.61. The maximum absolute atomic E-state index is 13.2. The lowest BCUT2D eigenvalue weighted by Gasteiger charge is -2.33. The highest BCUT2D eigenvalue weighted by atomic mass is 19.4. The first-order valence-corrected chi connectivity index (χ1v) is 12.5. The zero-order valence-electron chi connectivity index (χ0n) is 20.7. The summed E-state index contributed by atoms with van der Waals surface area (Å²) in [5, 5.41) is 11.0. The second-order valence-electron chi connectivity index (χ2n) is 9.61. The molecule has 2 aliphatic heterocycles. The number of carbonyl (C=O) groups is 1. The summed E-state index contributed by atoms with van der Waals surface area (Å²) in [6.45, 7) is 4.97. The summed E-state index contributed by atoms with van der Waals surface area (Å²) >= 11 is 0. The van der Waals surface area contributed by atoms with E-state index in [2.05, 4.69) is 32.3 Å². The Bertz CT molecular complexity index is 1220. The minimum absolute atomic E-state index is 0.0719. The van der Waals surface area contributed by atoms with Gasteiger partial charge in [-0.15, -0.1) is 15.3 Å². The molecule has 5 rings (SSSR count). The van der Waals surface area contributed by atoms with E-state index in [9.17, 15) is 18.0 Å². The van der Waals surface area contributed by atoms with Gasteiger partial charge in [0.2, 0.25) is 5.91 Å².